The monoisotopic (exact) mass is 255 g/mol. The Morgan fingerprint density at radius 3 is 2.59 bits per heavy atom. The molecule has 2 rings (SSSR count). The Morgan fingerprint density at radius 2 is 2.06 bits per heavy atom. The second-order valence-corrected chi connectivity index (χ2v) is 5.90. The summed E-state index contributed by atoms with van der Waals surface area (Å²) in [5, 5.41) is 2.97. The molecular formula is C12H17NO3S. The summed E-state index contributed by atoms with van der Waals surface area (Å²) in [6, 6.07) is 4.98. The van der Waals surface area contributed by atoms with E-state index in [4.69, 9.17) is 4.18 Å². The molecule has 0 spiro atoms. The van der Waals surface area contributed by atoms with Crippen molar-refractivity contribution >= 4 is 15.8 Å². The van der Waals surface area contributed by atoms with Gasteiger partial charge in [-0.2, -0.15) is 8.42 Å². The van der Waals surface area contributed by atoms with Crippen molar-refractivity contribution in [1.82, 2.24) is 0 Å². The fraction of sp³-hybridized carbons (Fsp3) is 0.500. The van der Waals surface area contributed by atoms with Gasteiger partial charge >= 0.3 is 0 Å². The molecule has 17 heavy (non-hydrogen) atoms. The summed E-state index contributed by atoms with van der Waals surface area (Å²) < 4.78 is 29.1. The number of rotatable bonds is 4. The number of anilines is 1. The van der Waals surface area contributed by atoms with E-state index >= 15 is 0 Å². The van der Waals surface area contributed by atoms with Crippen molar-refractivity contribution in [2.45, 2.75) is 37.2 Å². The lowest BCUT2D eigenvalue weighted by Crippen LogP contribution is -2.25. The molecular weight excluding hydrogens is 238 g/mol. The van der Waals surface area contributed by atoms with Crippen LogP contribution in [-0.4, -0.2) is 21.6 Å². The van der Waals surface area contributed by atoms with E-state index in [1.54, 1.807) is 25.2 Å². The highest BCUT2D eigenvalue weighted by Crippen LogP contribution is 2.28. The van der Waals surface area contributed by atoms with E-state index in [1.165, 1.54) is 0 Å². The molecule has 1 fully saturated rings. The summed E-state index contributed by atoms with van der Waals surface area (Å²) in [4.78, 5) is 0.222. The summed E-state index contributed by atoms with van der Waals surface area (Å²) in [5.41, 5.74) is 1.82. The van der Waals surface area contributed by atoms with Gasteiger partial charge < -0.3 is 5.32 Å². The van der Waals surface area contributed by atoms with Gasteiger partial charge in [-0.15, -0.1) is 0 Å². The van der Waals surface area contributed by atoms with Gasteiger partial charge in [-0.25, -0.2) is 0 Å². The minimum Gasteiger partial charge on any atom is -0.388 e. The molecule has 0 bridgehead atoms. The number of aryl methyl sites for hydroxylation is 1. The molecule has 1 N–H and O–H groups in total. The number of hydrogen-bond donors (Lipinski definition) is 1. The number of nitrogens with one attached hydrogen (secondary N) is 1. The highest BCUT2D eigenvalue weighted by atomic mass is 32.2. The predicted octanol–water partition coefficient (Wildman–Crippen LogP) is 2.29. The Labute approximate surface area is 102 Å². The van der Waals surface area contributed by atoms with Crippen LogP contribution in [0.3, 0.4) is 0 Å². The predicted molar refractivity (Wildman–Crippen MR) is 66.6 cm³/mol. The molecule has 5 heteroatoms. The first-order valence-electron chi connectivity index (χ1n) is 5.74. The first-order valence-corrected chi connectivity index (χ1v) is 7.15. The Balaban J connectivity index is 2.25. The lowest BCUT2D eigenvalue weighted by atomic mass is 9.97. The van der Waals surface area contributed by atoms with Crippen molar-refractivity contribution in [3.63, 3.8) is 0 Å². The molecule has 0 amide bonds. The summed E-state index contributed by atoms with van der Waals surface area (Å²) >= 11 is 0. The zero-order valence-corrected chi connectivity index (χ0v) is 10.9. The van der Waals surface area contributed by atoms with Crippen LogP contribution in [0.5, 0.6) is 0 Å². The van der Waals surface area contributed by atoms with E-state index < -0.39 is 10.1 Å². The second-order valence-electron chi connectivity index (χ2n) is 4.33. The third kappa shape index (κ3) is 2.61. The van der Waals surface area contributed by atoms with Crippen molar-refractivity contribution in [3.8, 4) is 0 Å². The standard InChI is InChI=1S/C12H17NO3S/c1-9-6-7-11(8-12(9)13-2)17(14,15)16-10-4-3-5-10/h6-8,10,13H,3-5H2,1-2H3. The maximum absolute atomic E-state index is 12.0. The van der Waals surface area contributed by atoms with Gasteiger partial charge in [0, 0.05) is 12.7 Å². The van der Waals surface area contributed by atoms with E-state index in [9.17, 15) is 8.42 Å². The first-order chi connectivity index (χ1) is 8.03. The Hall–Kier alpha value is -1.07. The molecule has 0 unspecified atom stereocenters. The molecule has 1 aliphatic carbocycles. The molecule has 0 aromatic heterocycles. The molecule has 4 nitrogen and oxygen atoms in total. The third-order valence-electron chi connectivity index (χ3n) is 3.08. The fourth-order valence-electron chi connectivity index (χ4n) is 1.73. The van der Waals surface area contributed by atoms with Crippen molar-refractivity contribution < 1.29 is 12.6 Å². The van der Waals surface area contributed by atoms with Gasteiger partial charge in [-0.05, 0) is 43.9 Å². The van der Waals surface area contributed by atoms with Gasteiger partial charge in [-0.3, -0.25) is 4.18 Å². The largest absolute Gasteiger partial charge is 0.388 e. The number of benzene rings is 1. The SMILES string of the molecule is CNc1cc(S(=O)(=O)OC2CCC2)ccc1C. The summed E-state index contributed by atoms with van der Waals surface area (Å²) in [5.74, 6) is 0. The highest BCUT2D eigenvalue weighted by molar-refractivity contribution is 7.86. The van der Waals surface area contributed by atoms with Crippen LogP contribution < -0.4 is 5.32 Å². The van der Waals surface area contributed by atoms with Crippen LogP contribution in [0.2, 0.25) is 0 Å². The van der Waals surface area contributed by atoms with E-state index in [1.807, 2.05) is 6.92 Å². The molecule has 1 aromatic rings. The van der Waals surface area contributed by atoms with Gasteiger partial charge in [0.15, 0.2) is 0 Å². The molecule has 0 aliphatic heterocycles. The van der Waals surface area contributed by atoms with Crippen LogP contribution >= 0.6 is 0 Å². The minimum absolute atomic E-state index is 0.126. The van der Waals surface area contributed by atoms with Gasteiger partial charge in [0.25, 0.3) is 10.1 Å². The lowest BCUT2D eigenvalue weighted by molar-refractivity contribution is 0.127. The zero-order chi connectivity index (χ0) is 12.5. The summed E-state index contributed by atoms with van der Waals surface area (Å²) in [7, 11) is -1.84. The van der Waals surface area contributed by atoms with Gasteiger partial charge in [0.05, 0.1) is 11.0 Å². The fourth-order valence-corrected chi connectivity index (χ4v) is 2.89. The quantitative estimate of drug-likeness (QED) is 0.839. The Kier molecular flexibility index (Phi) is 3.40. The summed E-state index contributed by atoms with van der Waals surface area (Å²) in [6.07, 6.45) is 2.60. The van der Waals surface area contributed by atoms with E-state index in [0.717, 1.165) is 30.5 Å². The molecule has 0 radical (unpaired) electrons. The second kappa shape index (κ2) is 4.66. The normalized spacial score (nSPS) is 16.6. The zero-order valence-electron chi connectivity index (χ0n) is 10.1. The summed E-state index contributed by atoms with van der Waals surface area (Å²) in [6.45, 7) is 1.93. The minimum atomic E-state index is -3.61. The van der Waals surface area contributed by atoms with Crippen molar-refractivity contribution in [2.24, 2.45) is 0 Å². The van der Waals surface area contributed by atoms with E-state index in [0.29, 0.717) is 0 Å². The molecule has 1 aromatic carbocycles. The van der Waals surface area contributed by atoms with Crippen LogP contribution in [0.4, 0.5) is 5.69 Å². The molecule has 94 valence electrons. The maximum atomic E-state index is 12.0. The third-order valence-corrected chi connectivity index (χ3v) is 4.44. The average Bonchev–Trinajstić information content (AvgIpc) is 2.24. The maximum Gasteiger partial charge on any atom is 0.297 e. The van der Waals surface area contributed by atoms with Gasteiger partial charge in [0.2, 0.25) is 0 Å². The number of hydrogen-bond acceptors (Lipinski definition) is 4. The molecule has 0 atom stereocenters. The molecule has 1 saturated carbocycles. The Morgan fingerprint density at radius 1 is 1.35 bits per heavy atom. The van der Waals surface area contributed by atoms with Crippen molar-refractivity contribution in [3.05, 3.63) is 23.8 Å². The Bertz CT molecular complexity index is 506. The lowest BCUT2D eigenvalue weighted by Gasteiger charge is -2.24. The molecule has 0 saturated heterocycles. The average molecular weight is 255 g/mol. The van der Waals surface area contributed by atoms with Gasteiger partial charge in [0.1, 0.15) is 0 Å². The van der Waals surface area contributed by atoms with E-state index in [2.05, 4.69) is 5.32 Å². The van der Waals surface area contributed by atoms with Crippen LogP contribution in [-0.2, 0) is 14.3 Å². The van der Waals surface area contributed by atoms with Crippen LogP contribution in [0.15, 0.2) is 23.1 Å². The van der Waals surface area contributed by atoms with Crippen LogP contribution in [0, 0.1) is 6.92 Å². The first kappa shape index (κ1) is 12.4. The molecule has 1 aliphatic rings. The molecule has 0 heterocycles. The smallest absolute Gasteiger partial charge is 0.297 e. The topological polar surface area (TPSA) is 55.4 Å². The highest BCUT2D eigenvalue weighted by Gasteiger charge is 2.26. The van der Waals surface area contributed by atoms with Crippen molar-refractivity contribution in [2.75, 3.05) is 12.4 Å². The van der Waals surface area contributed by atoms with E-state index in [-0.39, 0.29) is 11.0 Å². The van der Waals surface area contributed by atoms with Crippen LogP contribution in [0.25, 0.3) is 0 Å². The van der Waals surface area contributed by atoms with Crippen LogP contribution in [0.1, 0.15) is 24.8 Å². The van der Waals surface area contributed by atoms with Crippen molar-refractivity contribution in [1.29, 1.82) is 0 Å². The van der Waals surface area contributed by atoms with Gasteiger partial charge in [-0.1, -0.05) is 6.07 Å².